The highest BCUT2D eigenvalue weighted by atomic mass is 32.1. The predicted molar refractivity (Wildman–Crippen MR) is 90.2 cm³/mol. The highest BCUT2D eigenvalue weighted by Crippen LogP contribution is 2.24. The predicted octanol–water partition coefficient (Wildman–Crippen LogP) is 2.47. The Hall–Kier alpha value is -2.65. The number of rotatable bonds is 6. The minimum Gasteiger partial charge on any atom is -0.355 e. The van der Waals surface area contributed by atoms with E-state index in [4.69, 9.17) is 4.52 Å². The van der Waals surface area contributed by atoms with Gasteiger partial charge in [-0.2, -0.15) is 0 Å². The van der Waals surface area contributed by atoms with Crippen molar-refractivity contribution < 1.29 is 27.4 Å². The van der Waals surface area contributed by atoms with Crippen LogP contribution in [0.15, 0.2) is 40.2 Å². The summed E-state index contributed by atoms with van der Waals surface area (Å²) in [4.78, 5) is 13.7. The Bertz CT molecular complexity index is 912. The highest BCUT2D eigenvalue weighted by molar-refractivity contribution is 7.13. The molecule has 1 unspecified atom stereocenters. The van der Waals surface area contributed by atoms with Gasteiger partial charge in [-0.15, -0.1) is 11.3 Å². The van der Waals surface area contributed by atoms with E-state index in [-0.39, 0.29) is 6.54 Å². The SMILES string of the molecule is C[NH+](CC(=O)Nc1ccc(F)c(F)c1F)Cc1cc(-c2cccs2)on1. The Balaban J connectivity index is 1.57. The summed E-state index contributed by atoms with van der Waals surface area (Å²) in [6, 6.07) is 7.34. The van der Waals surface area contributed by atoms with E-state index in [2.05, 4.69) is 10.5 Å². The lowest BCUT2D eigenvalue weighted by atomic mass is 10.2. The van der Waals surface area contributed by atoms with Gasteiger partial charge in [0.15, 0.2) is 29.8 Å². The van der Waals surface area contributed by atoms with Crippen LogP contribution in [-0.4, -0.2) is 24.7 Å². The summed E-state index contributed by atoms with van der Waals surface area (Å²) in [5, 5.41) is 8.13. The van der Waals surface area contributed by atoms with Gasteiger partial charge in [-0.05, 0) is 23.6 Å². The van der Waals surface area contributed by atoms with Gasteiger partial charge in [-0.25, -0.2) is 13.2 Å². The van der Waals surface area contributed by atoms with Crippen molar-refractivity contribution in [2.24, 2.45) is 0 Å². The second-order valence-corrected chi connectivity index (χ2v) is 6.69. The van der Waals surface area contributed by atoms with Crippen molar-refractivity contribution in [1.82, 2.24) is 5.16 Å². The molecule has 0 aliphatic rings. The Kier molecular flexibility index (Phi) is 5.38. The lowest BCUT2D eigenvalue weighted by Crippen LogP contribution is -3.08. The summed E-state index contributed by atoms with van der Waals surface area (Å²) in [5.41, 5.74) is 0.265. The van der Waals surface area contributed by atoms with E-state index >= 15 is 0 Å². The number of amides is 1. The molecule has 1 atom stereocenters. The first-order valence-corrected chi connectivity index (χ1v) is 8.56. The summed E-state index contributed by atoms with van der Waals surface area (Å²) in [6.45, 7) is 0.391. The van der Waals surface area contributed by atoms with Crippen molar-refractivity contribution in [3.8, 4) is 10.6 Å². The quantitative estimate of drug-likeness (QED) is 0.644. The largest absolute Gasteiger partial charge is 0.355 e. The van der Waals surface area contributed by atoms with Crippen LogP contribution in [0.5, 0.6) is 0 Å². The van der Waals surface area contributed by atoms with Gasteiger partial charge in [0.1, 0.15) is 12.2 Å². The zero-order valence-electron chi connectivity index (χ0n) is 13.7. The van der Waals surface area contributed by atoms with Crippen molar-refractivity contribution in [3.63, 3.8) is 0 Å². The van der Waals surface area contributed by atoms with Crippen LogP contribution in [0.3, 0.4) is 0 Å². The number of nitrogens with zero attached hydrogens (tertiary/aromatic N) is 1. The molecule has 1 aromatic carbocycles. The first kappa shape index (κ1) is 18.2. The number of carbonyl (C=O) groups is 1. The van der Waals surface area contributed by atoms with E-state index in [9.17, 15) is 18.0 Å². The maximum absolute atomic E-state index is 13.6. The number of hydrogen-bond donors (Lipinski definition) is 2. The maximum Gasteiger partial charge on any atom is 0.279 e. The smallest absolute Gasteiger partial charge is 0.279 e. The molecule has 2 aromatic heterocycles. The van der Waals surface area contributed by atoms with Gasteiger partial charge in [-0.1, -0.05) is 11.2 Å². The topological polar surface area (TPSA) is 59.6 Å². The lowest BCUT2D eigenvalue weighted by Gasteiger charge is -2.12. The third-order valence-electron chi connectivity index (χ3n) is 3.58. The van der Waals surface area contributed by atoms with E-state index in [1.807, 2.05) is 17.5 Å². The number of likely N-dealkylation sites (N-methyl/N-ethyl adjacent to an activating group) is 1. The molecule has 0 saturated heterocycles. The molecule has 0 aliphatic heterocycles. The standard InChI is InChI=1S/C17H14F3N3O2S/c1-23(8-10-7-13(25-22-10)14-3-2-6-26-14)9-15(24)21-12-5-4-11(18)16(19)17(12)20/h2-7H,8-9H2,1H3,(H,21,24)/p+1. The second kappa shape index (κ2) is 7.71. The molecule has 0 radical (unpaired) electrons. The van der Waals surface area contributed by atoms with Crippen molar-refractivity contribution in [2.45, 2.75) is 6.54 Å². The molecule has 9 heteroatoms. The Labute approximate surface area is 151 Å². The second-order valence-electron chi connectivity index (χ2n) is 5.74. The Morgan fingerprint density at radius 3 is 2.81 bits per heavy atom. The van der Waals surface area contributed by atoms with E-state index in [1.54, 1.807) is 13.1 Å². The number of halogens is 3. The first-order valence-electron chi connectivity index (χ1n) is 7.68. The zero-order chi connectivity index (χ0) is 18.7. The molecular weight excluding hydrogens is 367 g/mol. The molecule has 3 aromatic rings. The van der Waals surface area contributed by atoms with Gasteiger partial charge in [0.2, 0.25) is 0 Å². The molecule has 2 N–H and O–H groups in total. The van der Waals surface area contributed by atoms with Crippen molar-refractivity contribution >= 4 is 22.9 Å². The molecule has 0 aliphatic carbocycles. The molecule has 1 amide bonds. The summed E-state index contributed by atoms with van der Waals surface area (Å²) < 4.78 is 44.9. The fourth-order valence-corrected chi connectivity index (χ4v) is 3.07. The van der Waals surface area contributed by atoms with E-state index in [1.165, 1.54) is 11.3 Å². The third-order valence-corrected chi connectivity index (χ3v) is 4.46. The molecule has 0 fully saturated rings. The number of hydrogen-bond acceptors (Lipinski definition) is 4. The number of anilines is 1. The van der Waals surface area contributed by atoms with Crippen LogP contribution in [0.2, 0.25) is 0 Å². The molecule has 3 rings (SSSR count). The number of carbonyl (C=O) groups excluding carboxylic acids is 1. The van der Waals surface area contributed by atoms with Gasteiger partial charge in [0, 0.05) is 6.07 Å². The maximum atomic E-state index is 13.6. The van der Waals surface area contributed by atoms with Crippen LogP contribution >= 0.6 is 11.3 Å². The zero-order valence-corrected chi connectivity index (χ0v) is 14.5. The first-order chi connectivity index (χ1) is 12.4. The molecule has 0 spiro atoms. The Morgan fingerprint density at radius 2 is 2.08 bits per heavy atom. The molecule has 5 nitrogen and oxygen atoms in total. The summed E-state index contributed by atoms with van der Waals surface area (Å²) >= 11 is 1.53. The van der Waals surface area contributed by atoms with Crippen LogP contribution in [0.25, 0.3) is 10.6 Å². The van der Waals surface area contributed by atoms with Crippen molar-refractivity contribution in [1.29, 1.82) is 0 Å². The molecule has 0 bridgehead atoms. The summed E-state index contributed by atoms with van der Waals surface area (Å²) in [7, 11) is 1.75. The fourth-order valence-electron chi connectivity index (χ4n) is 2.39. The molecule has 26 heavy (non-hydrogen) atoms. The molecular formula is C17H15F3N3O2S+. The van der Waals surface area contributed by atoms with Crippen molar-refractivity contribution in [2.75, 3.05) is 18.9 Å². The average Bonchev–Trinajstić information content (AvgIpc) is 3.26. The minimum absolute atomic E-state index is 0.0143. The number of nitrogens with one attached hydrogen (secondary N) is 2. The third kappa shape index (κ3) is 4.12. The van der Waals surface area contributed by atoms with Crippen LogP contribution in [-0.2, 0) is 11.3 Å². The molecule has 0 saturated carbocycles. The van der Waals surface area contributed by atoms with Crippen LogP contribution in [0, 0.1) is 17.5 Å². The lowest BCUT2D eigenvalue weighted by molar-refractivity contribution is -0.885. The highest BCUT2D eigenvalue weighted by Gasteiger charge is 2.18. The molecule has 2 heterocycles. The normalized spacial score (nSPS) is 12.2. The van der Waals surface area contributed by atoms with Gasteiger partial charge >= 0.3 is 0 Å². The number of quaternary nitrogens is 1. The summed E-state index contributed by atoms with van der Waals surface area (Å²) in [5.74, 6) is -4.23. The van der Waals surface area contributed by atoms with E-state index in [0.29, 0.717) is 18.0 Å². The number of benzene rings is 1. The number of aromatic nitrogens is 1. The van der Waals surface area contributed by atoms with Crippen molar-refractivity contribution in [3.05, 3.63) is 58.9 Å². The van der Waals surface area contributed by atoms with Gasteiger partial charge < -0.3 is 14.7 Å². The van der Waals surface area contributed by atoms with Gasteiger partial charge in [0.25, 0.3) is 5.91 Å². The van der Waals surface area contributed by atoms with E-state index in [0.717, 1.165) is 21.9 Å². The number of thiophene rings is 1. The minimum atomic E-state index is -1.62. The Morgan fingerprint density at radius 1 is 1.27 bits per heavy atom. The summed E-state index contributed by atoms with van der Waals surface area (Å²) in [6.07, 6.45) is 0. The molecule has 136 valence electrons. The van der Waals surface area contributed by atoms with Gasteiger partial charge in [-0.3, -0.25) is 4.79 Å². The van der Waals surface area contributed by atoms with Crippen LogP contribution in [0.4, 0.5) is 18.9 Å². The van der Waals surface area contributed by atoms with Crippen LogP contribution in [0.1, 0.15) is 5.69 Å². The fraction of sp³-hybridized carbons (Fsp3) is 0.176. The van der Waals surface area contributed by atoms with Gasteiger partial charge in [0.05, 0.1) is 17.6 Å². The van der Waals surface area contributed by atoms with E-state index < -0.39 is 29.0 Å². The van der Waals surface area contributed by atoms with Crippen LogP contribution < -0.4 is 10.2 Å². The average molecular weight is 382 g/mol. The monoisotopic (exact) mass is 382 g/mol.